The van der Waals surface area contributed by atoms with Crippen molar-refractivity contribution in [1.29, 1.82) is 0 Å². The van der Waals surface area contributed by atoms with Crippen LogP contribution in [0.15, 0.2) is 36.5 Å². The number of hydrogen-bond donors (Lipinski definition) is 0. The second-order valence-electron chi connectivity index (χ2n) is 6.60. The average Bonchev–Trinajstić information content (AvgIpc) is 3.12. The summed E-state index contributed by atoms with van der Waals surface area (Å²) in [6.07, 6.45) is 2.96. The van der Waals surface area contributed by atoms with Crippen LogP contribution in [0.3, 0.4) is 0 Å². The van der Waals surface area contributed by atoms with Crippen molar-refractivity contribution in [3.05, 3.63) is 47.8 Å². The topological polar surface area (TPSA) is 58.4 Å². The first-order chi connectivity index (χ1) is 11.5. The van der Waals surface area contributed by atoms with Gasteiger partial charge in [0.15, 0.2) is 0 Å². The third-order valence-electron chi connectivity index (χ3n) is 5.44. The molecule has 0 saturated carbocycles. The molecule has 6 heteroatoms. The number of hydrogen-bond acceptors (Lipinski definition) is 3. The number of likely N-dealkylation sites (N-methyl/N-ethyl adjacent to an activating group) is 1. The maximum atomic E-state index is 12.9. The minimum Gasteiger partial charge on any atom is -0.337 e. The number of rotatable bonds is 1. The molecule has 2 aromatic rings. The van der Waals surface area contributed by atoms with E-state index in [-0.39, 0.29) is 11.8 Å². The summed E-state index contributed by atoms with van der Waals surface area (Å²) in [5.74, 6) is 0.133. The summed E-state index contributed by atoms with van der Waals surface area (Å²) in [5, 5.41) is 4.06. The molecule has 0 N–H and O–H groups in total. The van der Waals surface area contributed by atoms with Crippen molar-refractivity contribution >= 4 is 17.5 Å². The molecule has 0 bridgehead atoms. The Labute approximate surface area is 140 Å². The van der Waals surface area contributed by atoms with E-state index in [0.717, 1.165) is 11.3 Å². The molecule has 2 aliphatic heterocycles. The monoisotopic (exact) mass is 324 g/mol. The smallest absolute Gasteiger partial charge is 0.272 e. The summed E-state index contributed by atoms with van der Waals surface area (Å²) < 4.78 is 1.59. The van der Waals surface area contributed by atoms with Crippen LogP contribution in [-0.4, -0.2) is 46.6 Å². The van der Waals surface area contributed by atoms with Crippen LogP contribution in [0.2, 0.25) is 0 Å². The highest BCUT2D eigenvalue weighted by Gasteiger charge is 2.51. The first-order valence-corrected chi connectivity index (χ1v) is 8.19. The van der Waals surface area contributed by atoms with E-state index in [4.69, 9.17) is 0 Å². The summed E-state index contributed by atoms with van der Waals surface area (Å²) in [4.78, 5) is 29.1. The highest BCUT2D eigenvalue weighted by molar-refractivity contribution is 6.08. The fourth-order valence-corrected chi connectivity index (χ4v) is 4.04. The lowest BCUT2D eigenvalue weighted by Gasteiger charge is -2.38. The van der Waals surface area contributed by atoms with Gasteiger partial charge in [0.2, 0.25) is 5.91 Å². The molecule has 24 heavy (non-hydrogen) atoms. The Kier molecular flexibility index (Phi) is 3.23. The number of carbonyl (C=O) groups is 2. The molecule has 3 heterocycles. The van der Waals surface area contributed by atoms with Gasteiger partial charge in [-0.3, -0.25) is 14.3 Å². The molecule has 1 aromatic carbocycles. The van der Waals surface area contributed by atoms with Crippen LogP contribution in [0.5, 0.6) is 0 Å². The summed E-state index contributed by atoms with van der Waals surface area (Å²) in [5.41, 5.74) is 2.20. The summed E-state index contributed by atoms with van der Waals surface area (Å²) >= 11 is 0. The zero-order chi connectivity index (χ0) is 16.9. The van der Waals surface area contributed by atoms with Crippen molar-refractivity contribution in [3.63, 3.8) is 0 Å². The Morgan fingerprint density at radius 2 is 1.83 bits per heavy atom. The predicted molar refractivity (Wildman–Crippen MR) is 89.9 cm³/mol. The highest BCUT2D eigenvalue weighted by atomic mass is 16.2. The van der Waals surface area contributed by atoms with E-state index >= 15 is 0 Å². The molecular formula is C18H20N4O2. The number of likely N-dealkylation sites (tertiary alicyclic amines) is 1. The van der Waals surface area contributed by atoms with Gasteiger partial charge >= 0.3 is 0 Å². The van der Waals surface area contributed by atoms with Gasteiger partial charge in [0.1, 0.15) is 5.69 Å². The third kappa shape index (κ3) is 1.92. The molecule has 1 fully saturated rings. The molecule has 4 rings (SSSR count). The number of aryl methyl sites for hydroxylation is 1. The van der Waals surface area contributed by atoms with Gasteiger partial charge in [-0.2, -0.15) is 5.10 Å². The van der Waals surface area contributed by atoms with Crippen LogP contribution in [-0.2, 0) is 17.3 Å². The summed E-state index contributed by atoms with van der Waals surface area (Å²) in [7, 11) is 3.60. The SMILES string of the molecule is CN1C(=O)C2(CCN(C(=O)c3ccnn3C)CC2)c2ccccc21. The minimum absolute atomic E-state index is 0.0167. The lowest BCUT2D eigenvalue weighted by molar-refractivity contribution is -0.124. The van der Waals surface area contributed by atoms with Gasteiger partial charge in [-0.1, -0.05) is 18.2 Å². The number of para-hydroxylation sites is 1. The van der Waals surface area contributed by atoms with Gasteiger partial charge in [-0.15, -0.1) is 0 Å². The number of nitrogens with zero attached hydrogens (tertiary/aromatic N) is 4. The second kappa shape index (κ2) is 5.19. The molecule has 1 spiro atoms. The van der Waals surface area contributed by atoms with Crippen molar-refractivity contribution in [1.82, 2.24) is 14.7 Å². The molecular weight excluding hydrogens is 304 g/mol. The van der Waals surface area contributed by atoms with E-state index in [1.54, 1.807) is 28.9 Å². The van der Waals surface area contributed by atoms with Gasteiger partial charge in [0, 0.05) is 39.1 Å². The molecule has 0 radical (unpaired) electrons. The Balaban J connectivity index is 1.59. The Hall–Kier alpha value is -2.63. The van der Waals surface area contributed by atoms with Gasteiger partial charge < -0.3 is 9.80 Å². The first-order valence-electron chi connectivity index (χ1n) is 8.19. The van der Waals surface area contributed by atoms with Crippen LogP contribution < -0.4 is 4.90 Å². The molecule has 6 nitrogen and oxygen atoms in total. The van der Waals surface area contributed by atoms with Crippen molar-refractivity contribution < 1.29 is 9.59 Å². The number of aromatic nitrogens is 2. The normalized spacial score (nSPS) is 19.0. The highest BCUT2D eigenvalue weighted by Crippen LogP contribution is 2.47. The second-order valence-corrected chi connectivity index (χ2v) is 6.60. The van der Waals surface area contributed by atoms with Crippen molar-refractivity contribution in [2.75, 3.05) is 25.0 Å². The summed E-state index contributed by atoms with van der Waals surface area (Å²) in [6, 6.07) is 9.73. The maximum Gasteiger partial charge on any atom is 0.272 e. The molecule has 1 aromatic heterocycles. The van der Waals surface area contributed by atoms with E-state index in [0.29, 0.717) is 31.6 Å². The van der Waals surface area contributed by atoms with E-state index in [1.165, 1.54) is 0 Å². The van der Waals surface area contributed by atoms with E-state index in [2.05, 4.69) is 11.2 Å². The van der Waals surface area contributed by atoms with Gasteiger partial charge in [-0.25, -0.2) is 0 Å². The minimum atomic E-state index is -0.478. The van der Waals surface area contributed by atoms with Crippen molar-refractivity contribution in [2.45, 2.75) is 18.3 Å². The number of piperidine rings is 1. The number of amides is 2. The number of carbonyl (C=O) groups excluding carboxylic acids is 2. The average molecular weight is 324 g/mol. The number of anilines is 1. The molecule has 2 aliphatic rings. The molecule has 1 saturated heterocycles. The fourth-order valence-electron chi connectivity index (χ4n) is 4.04. The molecule has 0 unspecified atom stereocenters. The van der Waals surface area contributed by atoms with Crippen LogP contribution >= 0.6 is 0 Å². The maximum absolute atomic E-state index is 12.9. The fraction of sp³-hybridized carbons (Fsp3) is 0.389. The van der Waals surface area contributed by atoms with Crippen LogP contribution in [0, 0.1) is 0 Å². The van der Waals surface area contributed by atoms with E-state index in [1.807, 2.05) is 30.1 Å². The Morgan fingerprint density at radius 1 is 1.12 bits per heavy atom. The summed E-state index contributed by atoms with van der Waals surface area (Å²) in [6.45, 7) is 1.16. The molecule has 0 aliphatic carbocycles. The van der Waals surface area contributed by atoms with Crippen LogP contribution in [0.4, 0.5) is 5.69 Å². The largest absolute Gasteiger partial charge is 0.337 e. The van der Waals surface area contributed by atoms with E-state index in [9.17, 15) is 9.59 Å². The Morgan fingerprint density at radius 3 is 2.50 bits per heavy atom. The van der Waals surface area contributed by atoms with E-state index < -0.39 is 5.41 Å². The van der Waals surface area contributed by atoms with Gasteiger partial charge in [0.05, 0.1) is 5.41 Å². The van der Waals surface area contributed by atoms with Gasteiger partial charge in [0.25, 0.3) is 5.91 Å². The lowest BCUT2D eigenvalue weighted by atomic mass is 9.73. The van der Waals surface area contributed by atoms with Crippen LogP contribution in [0.25, 0.3) is 0 Å². The van der Waals surface area contributed by atoms with Crippen LogP contribution in [0.1, 0.15) is 28.9 Å². The molecule has 0 atom stereocenters. The third-order valence-corrected chi connectivity index (χ3v) is 5.44. The lowest BCUT2D eigenvalue weighted by Crippen LogP contribution is -2.49. The first kappa shape index (κ1) is 14.9. The Bertz CT molecular complexity index is 818. The zero-order valence-corrected chi connectivity index (χ0v) is 13.9. The number of benzene rings is 1. The molecule has 2 amide bonds. The van der Waals surface area contributed by atoms with Gasteiger partial charge in [-0.05, 0) is 30.5 Å². The van der Waals surface area contributed by atoms with Crippen molar-refractivity contribution in [2.24, 2.45) is 7.05 Å². The quantitative estimate of drug-likeness (QED) is 0.800. The van der Waals surface area contributed by atoms with Crippen molar-refractivity contribution in [3.8, 4) is 0 Å². The molecule has 124 valence electrons. The number of fused-ring (bicyclic) bond motifs is 2. The standard InChI is InChI=1S/C18H20N4O2/c1-20-14-6-4-3-5-13(14)18(17(20)24)8-11-22(12-9-18)16(23)15-7-10-19-21(15)2/h3-7,10H,8-9,11-12H2,1-2H3. The predicted octanol–water partition coefficient (Wildman–Crippen LogP) is 1.57. The zero-order valence-electron chi connectivity index (χ0n) is 13.9.